The van der Waals surface area contributed by atoms with Gasteiger partial charge < -0.3 is 15.1 Å². The molecule has 0 radical (unpaired) electrons. The fourth-order valence-corrected chi connectivity index (χ4v) is 2.75. The van der Waals surface area contributed by atoms with E-state index in [0.717, 1.165) is 36.3 Å². The number of hydrogen-bond acceptors (Lipinski definition) is 5. The Kier molecular flexibility index (Phi) is 5.75. The molecular weight excluding hydrogens is 350 g/mol. The molecule has 0 saturated carbocycles. The fourth-order valence-electron chi connectivity index (χ4n) is 2.58. The first-order valence-corrected chi connectivity index (χ1v) is 8.80. The summed E-state index contributed by atoms with van der Waals surface area (Å²) in [6, 6.07) is 5.82. The van der Waals surface area contributed by atoms with Crippen molar-refractivity contribution >= 4 is 23.0 Å². The minimum absolute atomic E-state index is 0.591. The van der Waals surface area contributed by atoms with Crippen molar-refractivity contribution in [3.05, 3.63) is 60.0 Å². The van der Waals surface area contributed by atoms with Crippen molar-refractivity contribution in [1.82, 2.24) is 20.1 Å². The molecule has 6 nitrogen and oxygen atoms in total. The zero-order chi connectivity index (χ0) is 18.5. The smallest absolute Gasteiger partial charge is 0.191 e. The maximum Gasteiger partial charge on any atom is 0.191 e. The van der Waals surface area contributed by atoms with E-state index in [1.807, 2.05) is 42.3 Å². The summed E-state index contributed by atoms with van der Waals surface area (Å²) in [5, 5.41) is 11.4. The highest BCUT2D eigenvalue weighted by atomic mass is 35.5. The highest BCUT2D eigenvalue weighted by Gasteiger charge is 2.10. The van der Waals surface area contributed by atoms with Crippen LogP contribution in [0.3, 0.4) is 0 Å². The van der Waals surface area contributed by atoms with E-state index in [1.54, 1.807) is 13.2 Å². The van der Waals surface area contributed by atoms with E-state index in [2.05, 4.69) is 27.3 Å². The van der Waals surface area contributed by atoms with Crippen molar-refractivity contribution in [2.75, 3.05) is 18.9 Å². The molecule has 0 atom stereocenters. The minimum Gasteiger partial charge on any atom is -0.449 e. The third-order valence-corrected chi connectivity index (χ3v) is 4.29. The number of rotatable bonds is 8. The molecule has 0 saturated heterocycles. The fraction of sp³-hybridized carbons (Fsp3) is 0.263. The lowest BCUT2D eigenvalue weighted by Crippen LogP contribution is -2.11. The van der Waals surface area contributed by atoms with Gasteiger partial charge in [0.25, 0.3) is 0 Å². The first-order valence-electron chi connectivity index (χ1n) is 8.42. The summed E-state index contributed by atoms with van der Waals surface area (Å²) in [6.45, 7) is 7.64. The van der Waals surface area contributed by atoms with Crippen LogP contribution in [0.25, 0.3) is 16.8 Å². The molecule has 3 aromatic rings. The van der Waals surface area contributed by atoms with Crippen LogP contribution < -0.4 is 10.6 Å². The number of anilines is 1. The van der Waals surface area contributed by atoms with Gasteiger partial charge in [-0.1, -0.05) is 24.2 Å². The second-order valence-corrected chi connectivity index (χ2v) is 6.41. The average Bonchev–Trinajstić information content (AvgIpc) is 3.26. The first kappa shape index (κ1) is 18.2. The number of oxazole rings is 1. The monoisotopic (exact) mass is 371 g/mol. The molecule has 3 rings (SSSR count). The number of benzene rings is 1. The van der Waals surface area contributed by atoms with Gasteiger partial charge in [-0.2, -0.15) is 5.10 Å². The second kappa shape index (κ2) is 8.21. The van der Waals surface area contributed by atoms with Crippen LogP contribution in [0.2, 0.25) is 5.02 Å². The molecule has 2 heterocycles. The SMILES string of the molecule is C=C(Nc1cc(-c2cnn(CCCNC)c2)ccc1Cl)c1coc(C)n1. The molecule has 7 heteroatoms. The Bertz CT molecular complexity index is 899. The summed E-state index contributed by atoms with van der Waals surface area (Å²) in [5.41, 5.74) is 4.11. The highest BCUT2D eigenvalue weighted by Crippen LogP contribution is 2.30. The van der Waals surface area contributed by atoms with Crippen molar-refractivity contribution in [2.45, 2.75) is 19.9 Å². The molecule has 0 bridgehead atoms. The van der Waals surface area contributed by atoms with Gasteiger partial charge in [-0.25, -0.2) is 4.98 Å². The van der Waals surface area contributed by atoms with Crippen LogP contribution in [0, 0.1) is 6.92 Å². The summed E-state index contributed by atoms with van der Waals surface area (Å²) >= 11 is 6.33. The van der Waals surface area contributed by atoms with Crippen LogP contribution in [0.5, 0.6) is 0 Å². The van der Waals surface area contributed by atoms with E-state index in [9.17, 15) is 0 Å². The topological polar surface area (TPSA) is 67.9 Å². The van der Waals surface area contributed by atoms with Crippen molar-refractivity contribution < 1.29 is 4.42 Å². The summed E-state index contributed by atoms with van der Waals surface area (Å²) in [4.78, 5) is 4.27. The highest BCUT2D eigenvalue weighted by molar-refractivity contribution is 6.33. The Labute approximate surface area is 157 Å². The quantitative estimate of drug-likeness (QED) is 0.581. The Morgan fingerprint density at radius 2 is 2.19 bits per heavy atom. The molecule has 0 aliphatic heterocycles. The Balaban J connectivity index is 1.76. The zero-order valence-electron chi connectivity index (χ0n) is 14.9. The first-order chi connectivity index (χ1) is 12.6. The number of nitrogens with zero attached hydrogens (tertiary/aromatic N) is 3. The Morgan fingerprint density at radius 1 is 1.35 bits per heavy atom. The number of hydrogen-bond donors (Lipinski definition) is 2. The average molecular weight is 372 g/mol. The van der Waals surface area contributed by atoms with Crippen molar-refractivity contribution in [2.24, 2.45) is 0 Å². The van der Waals surface area contributed by atoms with Gasteiger partial charge in [0, 0.05) is 25.2 Å². The van der Waals surface area contributed by atoms with Gasteiger partial charge in [0.15, 0.2) is 5.89 Å². The molecule has 1 aromatic carbocycles. The predicted octanol–water partition coefficient (Wildman–Crippen LogP) is 4.19. The maximum atomic E-state index is 6.33. The lowest BCUT2D eigenvalue weighted by molar-refractivity contribution is 0.521. The van der Waals surface area contributed by atoms with Crippen LogP contribution in [-0.4, -0.2) is 28.4 Å². The van der Waals surface area contributed by atoms with Gasteiger partial charge in [-0.15, -0.1) is 0 Å². The molecule has 0 aliphatic rings. The second-order valence-electron chi connectivity index (χ2n) is 6.00. The van der Waals surface area contributed by atoms with Crippen molar-refractivity contribution in [1.29, 1.82) is 0 Å². The molecule has 0 aliphatic carbocycles. The molecule has 26 heavy (non-hydrogen) atoms. The largest absolute Gasteiger partial charge is 0.449 e. The van der Waals surface area contributed by atoms with Crippen LogP contribution in [0.4, 0.5) is 5.69 Å². The molecule has 0 spiro atoms. The molecule has 0 amide bonds. The standard InChI is InChI=1S/C19H22ClN5O/c1-13(19-12-26-14(2)24-19)23-18-9-15(5-6-17(18)20)16-10-22-25(11-16)8-4-7-21-3/h5-6,9-12,21,23H,1,4,7-8H2,2-3H3. The van der Waals surface area contributed by atoms with Gasteiger partial charge in [-0.3, -0.25) is 4.68 Å². The zero-order valence-corrected chi connectivity index (χ0v) is 15.7. The Hall–Kier alpha value is -2.57. The number of halogens is 1. The van der Waals surface area contributed by atoms with Gasteiger partial charge >= 0.3 is 0 Å². The summed E-state index contributed by atoms with van der Waals surface area (Å²) < 4.78 is 7.18. The molecule has 2 N–H and O–H groups in total. The Morgan fingerprint density at radius 3 is 2.92 bits per heavy atom. The van der Waals surface area contributed by atoms with E-state index < -0.39 is 0 Å². The molecule has 0 fully saturated rings. The van der Waals surface area contributed by atoms with E-state index in [1.165, 1.54) is 0 Å². The van der Waals surface area contributed by atoms with E-state index in [4.69, 9.17) is 16.0 Å². The lowest BCUT2D eigenvalue weighted by atomic mass is 10.1. The normalized spacial score (nSPS) is 10.9. The van der Waals surface area contributed by atoms with Crippen LogP contribution in [0.15, 0.2) is 47.9 Å². The third kappa shape index (κ3) is 4.33. The van der Waals surface area contributed by atoms with E-state index in [0.29, 0.717) is 22.3 Å². The van der Waals surface area contributed by atoms with Crippen molar-refractivity contribution in [3.8, 4) is 11.1 Å². The van der Waals surface area contributed by atoms with Crippen LogP contribution in [0.1, 0.15) is 18.0 Å². The third-order valence-electron chi connectivity index (χ3n) is 3.96. The maximum absolute atomic E-state index is 6.33. The van der Waals surface area contributed by atoms with Gasteiger partial charge in [0.2, 0.25) is 0 Å². The molecule has 0 unspecified atom stereocenters. The number of aryl methyl sites for hydroxylation is 2. The molecular formula is C19H22ClN5O. The van der Waals surface area contributed by atoms with E-state index in [-0.39, 0.29) is 0 Å². The lowest BCUT2D eigenvalue weighted by Gasteiger charge is -2.10. The summed E-state index contributed by atoms with van der Waals surface area (Å²) in [7, 11) is 1.95. The molecule has 136 valence electrons. The summed E-state index contributed by atoms with van der Waals surface area (Å²) in [6.07, 6.45) is 6.50. The number of nitrogens with one attached hydrogen (secondary N) is 2. The number of aromatic nitrogens is 3. The summed E-state index contributed by atoms with van der Waals surface area (Å²) in [5.74, 6) is 0.591. The van der Waals surface area contributed by atoms with E-state index >= 15 is 0 Å². The van der Waals surface area contributed by atoms with Gasteiger partial charge in [-0.05, 0) is 37.7 Å². The van der Waals surface area contributed by atoms with Gasteiger partial charge in [0.05, 0.1) is 22.6 Å². The van der Waals surface area contributed by atoms with Crippen LogP contribution in [-0.2, 0) is 6.54 Å². The predicted molar refractivity (Wildman–Crippen MR) is 105 cm³/mol. The minimum atomic E-state index is 0.591. The van der Waals surface area contributed by atoms with Crippen LogP contribution >= 0.6 is 11.6 Å². The molecule has 2 aromatic heterocycles. The van der Waals surface area contributed by atoms with Gasteiger partial charge in [0.1, 0.15) is 12.0 Å². The van der Waals surface area contributed by atoms with Crippen molar-refractivity contribution in [3.63, 3.8) is 0 Å².